The van der Waals surface area contributed by atoms with Gasteiger partial charge >= 0.3 is 0 Å². The Hall–Kier alpha value is -17.1. The van der Waals surface area contributed by atoms with Gasteiger partial charge in [-0.1, -0.05) is 297 Å². The highest BCUT2D eigenvalue weighted by Crippen LogP contribution is 2.56. The lowest BCUT2D eigenvalue weighted by Gasteiger charge is -2.45. The monoisotopic (exact) mass is 1670 g/mol. The maximum Gasteiger partial charge on any atom is 0.252 e. The number of aromatic nitrogens is 4. The topological polar surface area (TPSA) is 52.5 Å². The predicted molar refractivity (Wildman–Crippen MR) is 540 cm³/mol. The smallest absolute Gasteiger partial charge is 0.252 e. The van der Waals surface area contributed by atoms with Crippen LogP contribution < -0.4 is 26.2 Å². The number of para-hydroxylation sites is 8. The fourth-order valence-corrected chi connectivity index (χ4v) is 20.0. The molecule has 129 heavy (non-hydrogen) atoms. The number of benzene rings is 20. The summed E-state index contributed by atoms with van der Waals surface area (Å²) in [6.07, 6.45) is 0. The quantitative estimate of drug-likeness (QED) is 0.121. The molecular formula is C120H73BN6O2. The van der Waals surface area contributed by atoms with Crippen molar-refractivity contribution in [3.63, 3.8) is 0 Å². The van der Waals surface area contributed by atoms with Gasteiger partial charge in [0.25, 0.3) is 6.71 Å². The van der Waals surface area contributed by atoms with E-state index in [9.17, 15) is 30.2 Å². The second-order valence-corrected chi connectivity index (χ2v) is 32.2. The van der Waals surface area contributed by atoms with E-state index in [1.165, 1.54) is 9.13 Å². The Kier molecular flexibility index (Phi) is 10.3. The fraction of sp³-hybridized carbons (Fsp3) is 0. The van der Waals surface area contributed by atoms with E-state index < -0.39 is 243 Å². The molecule has 8 heterocycles. The lowest BCUT2D eigenvalue weighted by Crippen LogP contribution is -2.61. The number of fused-ring (bicyclic) bond motifs is 22. The zero-order valence-corrected chi connectivity index (χ0v) is 67.4. The first-order chi connectivity index (χ1) is 76.5. The number of anilines is 6. The second-order valence-electron chi connectivity index (χ2n) is 32.2. The average Bonchev–Trinajstić information content (AvgIpc) is 1.66. The zero-order valence-electron chi connectivity index (χ0n) is 97.4. The Morgan fingerprint density at radius 1 is 0.217 bits per heavy atom. The van der Waals surface area contributed by atoms with Gasteiger partial charge in [0.2, 0.25) is 0 Å². The van der Waals surface area contributed by atoms with E-state index in [0.717, 1.165) is 31.4 Å². The van der Waals surface area contributed by atoms with Crippen LogP contribution in [0.2, 0.25) is 0 Å². The molecule has 0 spiro atoms. The molecule has 2 aliphatic heterocycles. The van der Waals surface area contributed by atoms with Gasteiger partial charge in [-0.3, -0.25) is 0 Å². The Balaban J connectivity index is 0.801. The highest BCUT2D eigenvalue weighted by atomic mass is 16.3. The number of hydrogen-bond donors (Lipinski definition) is 0. The molecule has 0 atom stereocenters. The van der Waals surface area contributed by atoms with E-state index in [1.807, 2.05) is 237 Å². The first-order valence-corrected chi connectivity index (χ1v) is 41.9. The molecule has 9 heteroatoms. The van der Waals surface area contributed by atoms with E-state index >= 15 is 0 Å². The predicted octanol–water partition coefficient (Wildman–Crippen LogP) is 30.3. The lowest BCUT2D eigenvalue weighted by atomic mass is 9.33. The largest absolute Gasteiger partial charge is 0.456 e. The van der Waals surface area contributed by atoms with Crippen LogP contribution in [0.3, 0.4) is 0 Å². The van der Waals surface area contributed by atoms with Gasteiger partial charge in [-0.05, 0) is 206 Å². The van der Waals surface area contributed by atoms with Crippen molar-refractivity contribution in [3.05, 3.63) is 442 Å². The Bertz CT molecular complexity index is 10400. The van der Waals surface area contributed by atoms with Crippen molar-refractivity contribution in [2.75, 3.05) is 9.80 Å². The third-order valence-corrected chi connectivity index (χ3v) is 25.5. The number of furan rings is 2. The summed E-state index contributed by atoms with van der Waals surface area (Å²) in [7, 11) is 0. The van der Waals surface area contributed by atoms with Crippen LogP contribution in [0.5, 0.6) is 0 Å². The van der Waals surface area contributed by atoms with Crippen molar-refractivity contribution in [2.45, 2.75) is 0 Å². The molecule has 0 fully saturated rings. The van der Waals surface area contributed by atoms with Gasteiger partial charge in [0, 0.05) is 110 Å². The third kappa shape index (κ3) is 10.6. The van der Waals surface area contributed by atoms with Crippen molar-refractivity contribution in [2.24, 2.45) is 0 Å². The summed E-state index contributed by atoms with van der Waals surface area (Å²) in [5.41, 5.74) is 9.27. The van der Waals surface area contributed by atoms with Gasteiger partial charge in [0.05, 0.1) is 107 Å². The van der Waals surface area contributed by atoms with Crippen LogP contribution in [-0.4, -0.2) is 25.0 Å². The maximum atomic E-state index is 10.9. The average molecular weight is 1670 g/mol. The first-order valence-electron chi connectivity index (χ1n) is 56.9. The van der Waals surface area contributed by atoms with Crippen molar-refractivity contribution >= 4 is 188 Å². The Labute approximate surface area is 783 Å². The lowest BCUT2D eigenvalue weighted by molar-refractivity contribution is 0.668. The molecule has 6 aromatic heterocycles. The molecule has 28 rings (SSSR count). The first kappa shape index (κ1) is 48.2. The summed E-state index contributed by atoms with van der Waals surface area (Å²) in [5.74, 6) is 0. The summed E-state index contributed by atoms with van der Waals surface area (Å²) in [6.45, 7) is -1.08. The minimum Gasteiger partial charge on any atom is -0.456 e. The minimum absolute atomic E-state index is 0.0547. The van der Waals surface area contributed by atoms with Gasteiger partial charge in [0.1, 0.15) is 22.3 Å². The van der Waals surface area contributed by atoms with Crippen LogP contribution in [0.1, 0.15) is 41.1 Å². The van der Waals surface area contributed by atoms with Crippen molar-refractivity contribution in [3.8, 4) is 78.4 Å². The van der Waals surface area contributed by atoms with E-state index in [1.54, 1.807) is 12.1 Å². The summed E-state index contributed by atoms with van der Waals surface area (Å²) < 4.78 is 312. The summed E-state index contributed by atoms with van der Waals surface area (Å²) in [5, 5.41) is -0.577. The van der Waals surface area contributed by atoms with E-state index in [0.29, 0.717) is 128 Å². The summed E-state index contributed by atoms with van der Waals surface area (Å²) in [4.78, 5) is 4.30. The molecule has 0 unspecified atom stereocenters. The third-order valence-electron chi connectivity index (χ3n) is 25.5. The normalized spacial score (nSPS) is 15.9. The molecule has 8 nitrogen and oxygen atoms in total. The van der Waals surface area contributed by atoms with Gasteiger partial charge in [-0.15, -0.1) is 0 Å². The molecule has 598 valence electrons. The van der Waals surface area contributed by atoms with E-state index in [4.69, 9.17) is 19.8 Å². The van der Waals surface area contributed by atoms with E-state index in [-0.39, 0.29) is 55.0 Å². The van der Waals surface area contributed by atoms with Crippen LogP contribution in [-0.2, 0) is 0 Å². The molecule has 2 aliphatic rings. The Morgan fingerprint density at radius 3 is 0.907 bits per heavy atom. The van der Waals surface area contributed by atoms with Crippen molar-refractivity contribution in [1.82, 2.24) is 18.3 Å². The summed E-state index contributed by atoms with van der Waals surface area (Å²) in [6, 6.07) is 60.7. The Morgan fingerprint density at radius 2 is 0.527 bits per heavy atom. The molecule has 0 bridgehead atoms. The number of hydrogen-bond acceptors (Lipinski definition) is 4. The van der Waals surface area contributed by atoms with Crippen molar-refractivity contribution < 1.29 is 50.0 Å². The molecule has 26 aromatic rings. The van der Waals surface area contributed by atoms with Crippen LogP contribution in [0.15, 0.2) is 451 Å². The molecular weight excluding hydrogens is 1570 g/mol. The van der Waals surface area contributed by atoms with E-state index in [2.05, 4.69) is 21.9 Å². The van der Waals surface area contributed by atoms with Crippen molar-refractivity contribution in [1.29, 1.82) is 0 Å². The fourth-order valence-electron chi connectivity index (χ4n) is 20.0. The molecule has 0 saturated carbocycles. The van der Waals surface area contributed by atoms with Crippen LogP contribution in [0, 0.1) is 0 Å². The number of rotatable bonds is 11. The SMILES string of the molecule is [2H]c1c([2H])c([2H])c2c(c1[2H])c1c([2H])c(-n3c4c([2H])c([2H])c([2H])c([2H])c4c4c([2H])c([2H])c([2H])c([2H])c43)c([2H])c([2H])c1n2-c1ccc2c(c1)N(c1c(-c3ccc(-c4ccccc4)cc3)ccc3oc4ccccc4c13)c1cc(-c3ccccc3)cc3c1B2c1ccc(-n2c4c([2H])c([2H])c([2H])c([2H])c4c4c([2H])c(-n5c6c([2H])c([2H])c([2H])c([2H])c6c6c([2H])c([2H])c([2H])c([2H])c65)c([2H])c([2H])c42)cc1N3c1c(-c2ccc(-c3ccccc3)cc2)ccc2oc3ccccc3c12. The van der Waals surface area contributed by atoms with Crippen LogP contribution >= 0.6 is 0 Å². The second kappa shape index (κ2) is 27.7. The zero-order chi connectivity index (χ0) is 110. The van der Waals surface area contributed by atoms with Gasteiger partial charge in [-0.25, -0.2) is 0 Å². The van der Waals surface area contributed by atoms with Gasteiger partial charge in [-0.2, -0.15) is 0 Å². The van der Waals surface area contributed by atoms with Crippen LogP contribution in [0.4, 0.5) is 34.1 Å². The molecule has 0 amide bonds. The minimum atomic E-state index is -1.08. The molecule has 0 aliphatic carbocycles. The summed E-state index contributed by atoms with van der Waals surface area (Å²) >= 11 is 0. The highest BCUT2D eigenvalue weighted by molar-refractivity contribution is 7.00. The van der Waals surface area contributed by atoms with Crippen LogP contribution in [0.25, 0.3) is 209 Å². The van der Waals surface area contributed by atoms with Gasteiger partial charge in [0.15, 0.2) is 0 Å². The number of nitrogens with zero attached hydrogens (tertiary/aromatic N) is 6. The molecule has 0 radical (unpaired) electrons. The molecule has 20 aromatic carbocycles. The highest BCUT2D eigenvalue weighted by Gasteiger charge is 2.46. The molecule has 0 N–H and O–H groups in total. The molecule has 0 saturated heterocycles. The standard InChI is InChI=1S/C120H73BN6O2/c1-4-26-74(27-5-1)77-48-52-79(53-49-77)86-60-66-114-116(94-38-16-24-46-112(94)128-114)119(86)126-108-72-84(124-104-44-22-14-36-92(104)96-70-82(58-64-106(96)124)122-100-40-18-10-32-88(100)89-33-11-19-41-101(89)122)56-62-98(108)121-99-63-57-85(125-105-45-23-15-37-93(105)97-71-83(59-65-107(97)125)123-102-42-20-12-34-90(102)91-35-13-21-43-103(91)123)73-109(99)127(111-69-81(68-110(126)118(111)121)76-30-8-3-9-31-76)120-87(61-67-115-117(120)95-39-17-25-47-113(95)129-115)80-54-50-78(51-55-80)75-28-6-2-7-29-75/h1-73H/i10D,11D,12D,13D,14D,15D,18D,19D,20D,21D,22D,23D,32D,33D,34D,35D,36D,37D,40D,41D,42D,43D,44D,45D,58D,59D,64D,65D,70D,71D. The maximum absolute atomic E-state index is 10.9. The van der Waals surface area contributed by atoms with Gasteiger partial charge < -0.3 is 36.9 Å².